The van der Waals surface area contributed by atoms with Gasteiger partial charge in [0.05, 0.1) is 17.4 Å². The number of hydrogen-bond donors (Lipinski definition) is 5. The summed E-state index contributed by atoms with van der Waals surface area (Å²) in [5.41, 5.74) is 3.66. The lowest BCUT2D eigenvalue weighted by Crippen LogP contribution is -2.71. The summed E-state index contributed by atoms with van der Waals surface area (Å²) in [6.07, 6.45) is -1.09. The van der Waals surface area contributed by atoms with Crippen molar-refractivity contribution in [3.63, 3.8) is 0 Å². The van der Waals surface area contributed by atoms with Gasteiger partial charge in [-0.25, -0.2) is 0 Å². The summed E-state index contributed by atoms with van der Waals surface area (Å²) < 4.78 is 0. The van der Waals surface area contributed by atoms with Crippen molar-refractivity contribution in [3.05, 3.63) is 34.6 Å². The zero-order chi connectivity index (χ0) is 24.6. The van der Waals surface area contributed by atoms with Crippen LogP contribution in [-0.4, -0.2) is 88.7 Å². The summed E-state index contributed by atoms with van der Waals surface area (Å²) in [5, 5.41) is 44.4. The molecule has 178 valence electrons. The van der Waals surface area contributed by atoms with Gasteiger partial charge in [-0.2, -0.15) is 0 Å². The van der Waals surface area contributed by atoms with Gasteiger partial charge in [-0.05, 0) is 44.5 Å². The third-order valence-corrected chi connectivity index (χ3v) is 7.43. The van der Waals surface area contributed by atoms with Gasteiger partial charge in [-0.15, -0.1) is 0 Å². The summed E-state index contributed by atoms with van der Waals surface area (Å²) in [6.45, 7) is 0. The normalized spacial score (nSPS) is 33.5. The van der Waals surface area contributed by atoms with E-state index >= 15 is 0 Å². The number of anilines is 1. The maximum atomic E-state index is 13.5. The Morgan fingerprint density at radius 1 is 1.15 bits per heavy atom. The number of phenols is 1. The molecule has 0 aromatic heterocycles. The molecule has 6 atom stereocenters. The molecule has 6 N–H and O–H groups in total. The average Bonchev–Trinajstić information content (AvgIpc) is 2.70. The van der Waals surface area contributed by atoms with Crippen LogP contribution in [0.15, 0.2) is 23.5 Å². The highest BCUT2D eigenvalue weighted by atomic mass is 16.3. The number of benzene rings is 1. The van der Waals surface area contributed by atoms with Crippen molar-refractivity contribution < 1.29 is 34.8 Å². The molecule has 0 heterocycles. The van der Waals surface area contributed by atoms with Gasteiger partial charge >= 0.3 is 0 Å². The summed E-state index contributed by atoms with van der Waals surface area (Å²) in [6, 6.07) is 2.56. The van der Waals surface area contributed by atoms with Crippen molar-refractivity contribution in [3.8, 4) is 5.75 Å². The van der Waals surface area contributed by atoms with Gasteiger partial charge in [0.1, 0.15) is 17.4 Å². The van der Waals surface area contributed by atoms with Crippen molar-refractivity contribution in [2.45, 2.75) is 30.6 Å². The van der Waals surface area contributed by atoms with Gasteiger partial charge in [0.25, 0.3) is 0 Å². The Morgan fingerprint density at radius 2 is 1.79 bits per heavy atom. The molecule has 1 aromatic rings. The molecular weight excluding hydrogens is 430 g/mol. The first kappa shape index (κ1) is 23.2. The number of Topliss-reactive ketones (excluding diaryl/α,β-unsaturated/α-hetero) is 2. The molecule has 1 aromatic carbocycles. The minimum Gasteiger partial charge on any atom is -0.508 e. The van der Waals surface area contributed by atoms with Crippen molar-refractivity contribution in [2.75, 3.05) is 33.1 Å². The summed E-state index contributed by atoms with van der Waals surface area (Å²) in [7, 11) is 6.67. The molecule has 1 saturated carbocycles. The molecule has 1 fully saturated rings. The first-order valence-electron chi connectivity index (χ1n) is 10.7. The highest BCUT2D eigenvalue weighted by Gasteiger charge is 2.66. The third-order valence-electron chi connectivity index (χ3n) is 7.43. The Labute approximate surface area is 190 Å². The fourth-order valence-electron chi connectivity index (χ4n) is 5.93. The van der Waals surface area contributed by atoms with Gasteiger partial charge in [0.2, 0.25) is 5.91 Å². The van der Waals surface area contributed by atoms with Gasteiger partial charge in [0.15, 0.2) is 17.2 Å². The molecular formula is C23H29N3O7. The third kappa shape index (κ3) is 3.01. The topological polar surface area (TPSA) is 165 Å². The van der Waals surface area contributed by atoms with Crippen LogP contribution in [0.3, 0.4) is 0 Å². The molecule has 10 heteroatoms. The van der Waals surface area contributed by atoms with E-state index in [1.165, 1.54) is 0 Å². The molecule has 3 aliphatic carbocycles. The standard InChI is InChI=1S/C23H29N3O7/c1-25(2)12-6-5-9-7-10-8-11-16(26(3)4)19(29)15(22(24)32)21(31)23(11,33)20(30)14(10)18(28)13(9)17(12)27/h5-6,10-11,15-16,19,27,29-30,33H,7-8H2,1-4H3,(H2,24,32)/t10-,11-,15?,16-,19?,23-/m0/s1. The molecule has 10 nitrogen and oxygen atoms in total. The molecule has 33 heavy (non-hydrogen) atoms. The van der Waals surface area contributed by atoms with E-state index in [0.717, 1.165) is 0 Å². The lowest BCUT2D eigenvalue weighted by atomic mass is 9.56. The maximum Gasteiger partial charge on any atom is 0.230 e. The van der Waals surface area contributed by atoms with Crippen LogP contribution in [0.5, 0.6) is 5.75 Å². The number of nitrogens with zero attached hydrogens (tertiary/aromatic N) is 2. The highest BCUT2D eigenvalue weighted by Crippen LogP contribution is 2.52. The second-order valence-electron chi connectivity index (χ2n) is 9.65. The van der Waals surface area contributed by atoms with Crippen molar-refractivity contribution in [1.82, 2.24) is 4.90 Å². The second kappa shape index (κ2) is 7.54. The summed E-state index contributed by atoms with van der Waals surface area (Å²) >= 11 is 0. The zero-order valence-electron chi connectivity index (χ0n) is 18.9. The van der Waals surface area contributed by atoms with E-state index in [0.29, 0.717) is 11.3 Å². The van der Waals surface area contributed by atoms with Gasteiger partial charge < -0.3 is 36.0 Å². The highest BCUT2D eigenvalue weighted by molar-refractivity contribution is 6.16. The number of ketones is 2. The number of aromatic hydroxyl groups is 1. The molecule has 0 aliphatic heterocycles. The Hall–Kier alpha value is -2.95. The summed E-state index contributed by atoms with van der Waals surface area (Å²) in [4.78, 5) is 42.0. The molecule has 0 saturated heterocycles. The molecule has 1 amide bonds. The van der Waals surface area contributed by atoms with E-state index in [-0.39, 0.29) is 29.7 Å². The Bertz CT molecular complexity index is 1100. The lowest BCUT2D eigenvalue weighted by molar-refractivity contribution is -0.178. The number of hydrogen-bond acceptors (Lipinski definition) is 9. The molecule has 0 spiro atoms. The first-order chi connectivity index (χ1) is 15.3. The number of allylic oxidation sites excluding steroid dienone is 1. The zero-order valence-corrected chi connectivity index (χ0v) is 18.9. The quantitative estimate of drug-likeness (QED) is 0.369. The van der Waals surface area contributed by atoms with Gasteiger partial charge in [-0.3, -0.25) is 14.4 Å². The minimum atomic E-state index is -2.57. The van der Waals surface area contributed by atoms with Gasteiger partial charge in [0, 0.05) is 31.6 Å². The Morgan fingerprint density at radius 3 is 2.33 bits per heavy atom. The predicted molar refractivity (Wildman–Crippen MR) is 118 cm³/mol. The SMILES string of the molecule is CN(C)c1ccc2c(c1O)C(=O)C1=C(O)[C@]3(O)C(=O)C(C(N)=O)C(O)[C@@H](N(C)C)[C@@H]3C[C@@H]1C2. The van der Waals surface area contributed by atoms with Crippen LogP contribution < -0.4 is 10.6 Å². The fraction of sp³-hybridized carbons (Fsp3) is 0.522. The van der Waals surface area contributed by atoms with Crippen molar-refractivity contribution in [2.24, 2.45) is 23.5 Å². The largest absolute Gasteiger partial charge is 0.508 e. The van der Waals surface area contributed by atoms with Crippen LogP contribution in [0.25, 0.3) is 0 Å². The fourth-order valence-corrected chi connectivity index (χ4v) is 5.93. The van der Waals surface area contributed by atoms with Crippen LogP contribution in [0.4, 0.5) is 5.69 Å². The Kier molecular flexibility index (Phi) is 5.31. The Balaban J connectivity index is 1.93. The van der Waals surface area contributed by atoms with E-state index in [2.05, 4.69) is 0 Å². The van der Waals surface area contributed by atoms with Crippen LogP contribution >= 0.6 is 0 Å². The monoisotopic (exact) mass is 459 g/mol. The smallest absolute Gasteiger partial charge is 0.230 e. The molecule has 4 rings (SSSR count). The van der Waals surface area contributed by atoms with E-state index < -0.39 is 58.7 Å². The molecule has 3 aliphatic rings. The van der Waals surface area contributed by atoms with Crippen molar-refractivity contribution in [1.29, 1.82) is 0 Å². The minimum absolute atomic E-state index is 0.0138. The number of aliphatic hydroxyl groups excluding tert-OH is 2. The number of fused-ring (bicyclic) bond motifs is 3. The van der Waals surface area contributed by atoms with Crippen LogP contribution in [0.2, 0.25) is 0 Å². The average molecular weight is 459 g/mol. The lowest BCUT2D eigenvalue weighted by Gasteiger charge is -2.53. The second-order valence-corrected chi connectivity index (χ2v) is 9.65. The van der Waals surface area contributed by atoms with E-state index in [1.807, 2.05) is 0 Å². The van der Waals surface area contributed by atoms with E-state index in [1.54, 1.807) is 50.1 Å². The van der Waals surface area contributed by atoms with Crippen LogP contribution in [-0.2, 0) is 16.0 Å². The number of likely N-dealkylation sites (N-methyl/N-ethyl adjacent to an activating group) is 1. The van der Waals surface area contributed by atoms with Crippen LogP contribution in [0, 0.1) is 17.8 Å². The number of carbonyl (C=O) groups is 3. The van der Waals surface area contributed by atoms with Crippen molar-refractivity contribution >= 4 is 23.2 Å². The predicted octanol–water partition coefficient (Wildman–Crippen LogP) is -0.648. The number of primary amides is 1. The molecule has 0 bridgehead atoms. The maximum absolute atomic E-state index is 13.5. The number of phenolic OH excluding ortho intramolecular Hbond substituents is 1. The number of aliphatic hydroxyl groups is 3. The summed E-state index contributed by atoms with van der Waals surface area (Å²) in [5.74, 6) is -7.29. The molecule has 2 unspecified atom stereocenters. The number of nitrogens with two attached hydrogens (primary N) is 1. The van der Waals surface area contributed by atoms with E-state index in [4.69, 9.17) is 5.73 Å². The number of amides is 1. The molecule has 0 radical (unpaired) electrons. The van der Waals surface area contributed by atoms with Gasteiger partial charge in [-0.1, -0.05) is 6.07 Å². The first-order valence-corrected chi connectivity index (χ1v) is 10.7. The number of rotatable bonds is 3. The van der Waals surface area contributed by atoms with Crippen LogP contribution in [0.1, 0.15) is 22.3 Å². The van der Waals surface area contributed by atoms with E-state index in [9.17, 15) is 34.8 Å². The number of carbonyl (C=O) groups excluding carboxylic acids is 3.